The Hall–Kier alpha value is -2.04. The Balaban J connectivity index is 2.95. The molecular formula is C13H17NO4. The van der Waals surface area contributed by atoms with Crippen LogP contribution < -0.4 is 10.1 Å². The van der Waals surface area contributed by atoms with Crippen LogP contribution in [-0.2, 0) is 9.59 Å². The third kappa shape index (κ3) is 3.76. The van der Waals surface area contributed by atoms with E-state index in [1.54, 1.807) is 38.1 Å². The van der Waals surface area contributed by atoms with Crippen LogP contribution in [0.3, 0.4) is 0 Å². The quantitative estimate of drug-likeness (QED) is 0.840. The first-order valence-electron chi connectivity index (χ1n) is 5.68. The van der Waals surface area contributed by atoms with Crippen LogP contribution in [0, 0.1) is 5.92 Å². The van der Waals surface area contributed by atoms with E-state index in [9.17, 15) is 9.59 Å². The number of carboxylic acids is 1. The summed E-state index contributed by atoms with van der Waals surface area (Å²) in [6.07, 6.45) is -0.945. The number of amides is 1. The molecule has 0 saturated heterocycles. The van der Waals surface area contributed by atoms with Gasteiger partial charge in [0.1, 0.15) is 5.75 Å². The molecule has 0 radical (unpaired) electrons. The molecule has 1 rings (SSSR count). The van der Waals surface area contributed by atoms with Crippen molar-refractivity contribution in [3.8, 4) is 5.75 Å². The highest BCUT2D eigenvalue weighted by Crippen LogP contribution is 2.26. The molecule has 0 saturated carbocycles. The first kappa shape index (κ1) is 14.0. The van der Waals surface area contributed by atoms with E-state index in [1.807, 2.05) is 0 Å². The maximum absolute atomic E-state index is 11.1. The zero-order valence-electron chi connectivity index (χ0n) is 10.6. The van der Waals surface area contributed by atoms with Gasteiger partial charge in [0.15, 0.2) is 6.10 Å². The summed E-state index contributed by atoms with van der Waals surface area (Å²) >= 11 is 0. The van der Waals surface area contributed by atoms with Gasteiger partial charge in [0, 0.05) is 12.8 Å². The van der Waals surface area contributed by atoms with Crippen LogP contribution in [0.4, 0.5) is 5.69 Å². The number of carbonyl (C=O) groups is 2. The first-order valence-corrected chi connectivity index (χ1v) is 5.68. The minimum atomic E-state index is -1.03. The van der Waals surface area contributed by atoms with Crippen LogP contribution in [0.15, 0.2) is 24.3 Å². The Labute approximate surface area is 106 Å². The van der Waals surface area contributed by atoms with Gasteiger partial charge in [-0.1, -0.05) is 26.0 Å². The van der Waals surface area contributed by atoms with Gasteiger partial charge < -0.3 is 15.2 Å². The SMILES string of the molecule is CC(=O)Nc1ccccc1OC(C(=O)O)C(C)C. The molecule has 5 nitrogen and oxygen atoms in total. The Morgan fingerprint density at radius 3 is 2.39 bits per heavy atom. The number of benzene rings is 1. The molecule has 1 unspecified atom stereocenters. The van der Waals surface area contributed by atoms with Crippen molar-refractivity contribution in [2.45, 2.75) is 26.9 Å². The lowest BCUT2D eigenvalue weighted by molar-refractivity contribution is -0.147. The second kappa shape index (κ2) is 6.05. The Morgan fingerprint density at radius 1 is 1.28 bits per heavy atom. The standard InChI is InChI=1S/C13H17NO4/c1-8(2)12(13(16)17)18-11-7-5-4-6-10(11)14-9(3)15/h4-8,12H,1-3H3,(H,14,15)(H,16,17). The van der Waals surface area contributed by atoms with Crippen molar-refractivity contribution in [1.29, 1.82) is 0 Å². The normalized spacial score (nSPS) is 12.0. The number of nitrogens with one attached hydrogen (secondary N) is 1. The summed E-state index contributed by atoms with van der Waals surface area (Å²) in [7, 11) is 0. The molecule has 1 amide bonds. The van der Waals surface area contributed by atoms with Crippen LogP contribution in [0.2, 0.25) is 0 Å². The molecular weight excluding hydrogens is 234 g/mol. The fourth-order valence-electron chi connectivity index (χ4n) is 1.47. The minimum Gasteiger partial charge on any atom is -0.478 e. The topological polar surface area (TPSA) is 75.6 Å². The molecule has 0 heterocycles. The lowest BCUT2D eigenvalue weighted by atomic mass is 10.1. The number of anilines is 1. The van der Waals surface area contributed by atoms with E-state index in [1.165, 1.54) is 6.92 Å². The van der Waals surface area contributed by atoms with Crippen molar-refractivity contribution < 1.29 is 19.4 Å². The summed E-state index contributed by atoms with van der Waals surface area (Å²) in [5, 5.41) is 11.7. The zero-order valence-corrected chi connectivity index (χ0v) is 10.6. The molecule has 18 heavy (non-hydrogen) atoms. The van der Waals surface area contributed by atoms with Gasteiger partial charge in [-0.15, -0.1) is 0 Å². The number of para-hydroxylation sites is 2. The largest absolute Gasteiger partial charge is 0.478 e. The smallest absolute Gasteiger partial charge is 0.345 e. The van der Waals surface area contributed by atoms with Crippen LogP contribution >= 0.6 is 0 Å². The number of aliphatic carboxylic acids is 1. The molecule has 1 aromatic rings. The number of rotatable bonds is 5. The number of carbonyl (C=O) groups excluding carboxylic acids is 1. The van der Waals surface area contributed by atoms with E-state index < -0.39 is 12.1 Å². The van der Waals surface area contributed by atoms with Crippen molar-refractivity contribution in [3.05, 3.63) is 24.3 Å². The van der Waals surface area contributed by atoms with Crippen molar-refractivity contribution in [2.24, 2.45) is 5.92 Å². The summed E-state index contributed by atoms with van der Waals surface area (Å²) in [5.74, 6) is -1.08. The van der Waals surface area contributed by atoms with Gasteiger partial charge in [-0.3, -0.25) is 4.79 Å². The Kier molecular flexibility index (Phi) is 4.71. The molecule has 1 atom stereocenters. The second-order valence-electron chi connectivity index (χ2n) is 4.30. The first-order chi connectivity index (χ1) is 8.41. The van der Waals surface area contributed by atoms with Crippen LogP contribution in [0.5, 0.6) is 5.75 Å². The zero-order chi connectivity index (χ0) is 13.7. The van der Waals surface area contributed by atoms with Gasteiger partial charge in [0.2, 0.25) is 5.91 Å². The van der Waals surface area contributed by atoms with Gasteiger partial charge >= 0.3 is 5.97 Å². The summed E-state index contributed by atoms with van der Waals surface area (Å²) < 4.78 is 5.46. The molecule has 0 aromatic heterocycles. The third-order valence-electron chi connectivity index (χ3n) is 2.30. The molecule has 0 aliphatic carbocycles. The maximum atomic E-state index is 11.1. The predicted octanol–water partition coefficient (Wildman–Crippen LogP) is 2.13. The highest BCUT2D eigenvalue weighted by molar-refractivity contribution is 5.90. The van der Waals surface area contributed by atoms with Gasteiger partial charge in [0.05, 0.1) is 5.69 Å². The maximum Gasteiger partial charge on any atom is 0.345 e. The van der Waals surface area contributed by atoms with E-state index in [2.05, 4.69) is 5.32 Å². The molecule has 0 spiro atoms. The average Bonchev–Trinajstić information content (AvgIpc) is 2.26. The predicted molar refractivity (Wildman–Crippen MR) is 67.6 cm³/mol. The highest BCUT2D eigenvalue weighted by Gasteiger charge is 2.24. The summed E-state index contributed by atoms with van der Waals surface area (Å²) in [4.78, 5) is 22.1. The molecule has 98 valence electrons. The number of hydrogen-bond acceptors (Lipinski definition) is 3. The van der Waals surface area contributed by atoms with E-state index in [0.717, 1.165) is 0 Å². The summed E-state index contributed by atoms with van der Waals surface area (Å²) in [5.41, 5.74) is 0.469. The summed E-state index contributed by atoms with van der Waals surface area (Å²) in [6, 6.07) is 6.75. The van der Waals surface area contributed by atoms with E-state index >= 15 is 0 Å². The number of hydrogen-bond donors (Lipinski definition) is 2. The Bertz CT molecular complexity index is 442. The number of carboxylic acid groups (broad SMARTS) is 1. The van der Waals surface area contributed by atoms with E-state index in [4.69, 9.17) is 9.84 Å². The monoisotopic (exact) mass is 251 g/mol. The van der Waals surface area contributed by atoms with E-state index in [0.29, 0.717) is 11.4 Å². The van der Waals surface area contributed by atoms with Crippen molar-refractivity contribution in [2.75, 3.05) is 5.32 Å². The second-order valence-corrected chi connectivity index (χ2v) is 4.30. The third-order valence-corrected chi connectivity index (χ3v) is 2.30. The fraction of sp³-hybridized carbons (Fsp3) is 0.385. The molecule has 2 N–H and O–H groups in total. The van der Waals surface area contributed by atoms with Gasteiger partial charge in [-0.25, -0.2) is 4.79 Å². The van der Waals surface area contributed by atoms with Crippen molar-refractivity contribution in [3.63, 3.8) is 0 Å². The average molecular weight is 251 g/mol. The van der Waals surface area contributed by atoms with Gasteiger partial charge in [-0.05, 0) is 12.1 Å². The number of ether oxygens (including phenoxy) is 1. The van der Waals surface area contributed by atoms with Gasteiger partial charge in [-0.2, -0.15) is 0 Å². The Morgan fingerprint density at radius 2 is 1.89 bits per heavy atom. The summed E-state index contributed by atoms with van der Waals surface area (Å²) in [6.45, 7) is 4.91. The molecule has 5 heteroatoms. The molecule has 0 fully saturated rings. The highest BCUT2D eigenvalue weighted by atomic mass is 16.5. The fourth-order valence-corrected chi connectivity index (χ4v) is 1.47. The van der Waals surface area contributed by atoms with E-state index in [-0.39, 0.29) is 11.8 Å². The lowest BCUT2D eigenvalue weighted by Gasteiger charge is -2.20. The molecule has 0 bridgehead atoms. The lowest BCUT2D eigenvalue weighted by Crippen LogP contribution is -2.32. The van der Waals surface area contributed by atoms with Crippen molar-refractivity contribution in [1.82, 2.24) is 0 Å². The van der Waals surface area contributed by atoms with Crippen LogP contribution in [0.1, 0.15) is 20.8 Å². The molecule has 1 aromatic carbocycles. The van der Waals surface area contributed by atoms with Crippen LogP contribution in [0.25, 0.3) is 0 Å². The van der Waals surface area contributed by atoms with Crippen LogP contribution in [-0.4, -0.2) is 23.1 Å². The van der Waals surface area contributed by atoms with Crippen molar-refractivity contribution >= 4 is 17.6 Å². The molecule has 0 aliphatic heterocycles. The van der Waals surface area contributed by atoms with Gasteiger partial charge in [0.25, 0.3) is 0 Å². The molecule has 0 aliphatic rings. The minimum absolute atomic E-state index is 0.173.